The molecule has 1 fully saturated rings. The van der Waals surface area contributed by atoms with E-state index < -0.39 is 0 Å². The first-order chi connectivity index (χ1) is 4.43. The summed E-state index contributed by atoms with van der Waals surface area (Å²) in [7, 11) is 0. The maximum atomic E-state index is 5.52. The average Bonchev–Trinajstić information content (AvgIpc) is 2.34. The fourth-order valence-corrected chi connectivity index (χ4v) is 1.55. The minimum atomic E-state index is 0.595. The molecule has 1 saturated carbocycles. The van der Waals surface area contributed by atoms with E-state index in [2.05, 4.69) is 6.26 Å². The maximum absolute atomic E-state index is 5.52. The van der Waals surface area contributed by atoms with E-state index in [0.29, 0.717) is 6.10 Å². The lowest BCUT2D eigenvalue weighted by Gasteiger charge is -2.07. The van der Waals surface area contributed by atoms with Crippen molar-refractivity contribution in [1.82, 2.24) is 0 Å². The monoisotopic (exact) mass is 146 g/mol. The first kappa shape index (κ1) is 7.42. The van der Waals surface area contributed by atoms with Crippen LogP contribution in [0.4, 0.5) is 0 Å². The molecule has 0 aromatic rings. The summed E-state index contributed by atoms with van der Waals surface area (Å²) < 4.78 is 5.52. The second-order valence-electron chi connectivity index (χ2n) is 2.48. The molecular formula is C7H14OS. The van der Waals surface area contributed by atoms with Crippen LogP contribution in [0.15, 0.2) is 0 Å². The SMILES string of the molecule is CSCOC1CCCC1. The van der Waals surface area contributed by atoms with Gasteiger partial charge in [-0.1, -0.05) is 12.8 Å². The zero-order valence-corrected chi connectivity index (χ0v) is 6.75. The third kappa shape index (κ3) is 2.59. The van der Waals surface area contributed by atoms with Gasteiger partial charge in [0, 0.05) is 0 Å². The Bertz CT molecular complexity index is 69.3. The number of ether oxygens (including phenoxy) is 1. The van der Waals surface area contributed by atoms with Crippen LogP contribution in [-0.2, 0) is 4.74 Å². The van der Waals surface area contributed by atoms with E-state index >= 15 is 0 Å². The van der Waals surface area contributed by atoms with Crippen molar-refractivity contribution in [3.05, 3.63) is 0 Å². The minimum absolute atomic E-state index is 0.595. The van der Waals surface area contributed by atoms with Gasteiger partial charge in [0.25, 0.3) is 0 Å². The van der Waals surface area contributed by atoms with Crippen LogP contribution in [0, 0.1) is 0 Å². The van der Waals surface area contributed by atoms with E-state index in [0.717, 1.165) is 5.94 Å². The molecule has 0 heterocycles. The van der Waals surface area contributed by atoms with Crippen LogP contribution < -0.4 is 0 Å². The Labute approximate surface area is 61.2 Å². The van der Waals surface area contributed by atoms with Crippen LogP contribution in [0.3, 0.4) is 0 Å². The molecule has 0 aliphatic heterocycles. The lowest BCUT2D eigenvalue weighted by atomic mass is 10.3. The Morgan fingerprint density at radius 3 is 2.67 bits per heavy atom. The van der Waals surface area contributed by atoms with Gasteiger partial charge in [0.2, 0.25) is 0 Å². The molecule has 1 aliphatic carbocycles. The normalized spacial score (nSPS) is 21.0. The van der Waals surface area contributed by atoms with Crippen molar-refractivity contribution in [2.45, 2.75) is 31.8 Å². The van der Waals surface area contributed by atoms with Gasteiger partial charge >= 0.3 is 0 Å². The highest BCUT2D eigenvalue weighted by Gasteiger charge is 2.14. The Hall–Kier alpha value is 0.310. The van der Waals surface area contributed by atoms with Gasteiger partial charge < -0.3 is 4.74 Å². The summed E-state index contributed by atoms with van der Waals surface area (Å²) in [5, 5.41) is 0. The van der Waals surface area contributed by atoms with Crippen LogP contribution in [-0.4, -0.2) is 18.3 Å². The third-order valence-electron chi connectivity index (χ3n) is 1.72. The molecule has 0 aromatic heterocycles. The van der Waals surface area contributed by atoms with E-state index in [9.17, 15) is 0 Å². The smallest absolute Gasteiger partial charge is 0.0921 e. The molecule has 9 heavy (non-hydrogen) atoms. The molecule has 2 heteroatoms. The Kier molecular flexibility index (Phi) is 3.44. The largest absolute Gasteiger partial charge is 0.368 e. The predicted molar refractivity (Wildman–Crippen MR) is 41.7 cm³/mol. The topological polar surface area (TPSA) is 9.23 Å². The molecule has 0 atom stereocenters. The average molecular weight is 146 g/mol. The van der Waals surface area contributed by atoms with Crippen molar-refractivity contribution in [3.8, 4) is 0 Å². The Morgan fingerprint density at radius 2 is 2.11 bits per heavy atom. The van der Waals surface area contributed by atoms with E-state index in [1.165, 1.54) is 25.7 Å². The van der Waals surface area contributed by atoms with Crippen LogP contribution in [0.1, 0.15) is 25.7 Å². The molecular weight excluding hydrogens is 132 g/mol. The summed E-state index contributed by atoms with van der Waals surface area (Å²) in [4.78, 5) is 0. The summed E-state index contributed by atoms with van der Waals surface area (Å²) >= 11 is 1.77. The highest BCUT2D eigenvalue weighted by molar-refractivity contribution is 7.98. The maximum Gasteiger partial charge on any atom is 0.0921 e. The van der Waals surface area contributed by atoms with E-state index in [1.54, 1.807) is 11.8 Å². The summed E-state index contributed by atoms with van der Waals surface area (Å²) in [6.45, 7) is 0. The molecule has 0 N–H and O–H groups in total. The van der Waals surface area contributed by atoms with Gasteiger partial charge in [-0.15, -0.1) is 11.8 Å². The molecule has 0 saturated heterocycles. The Balaban J connectivity index is 1.98. The van der Waals surface area contributed by atoms with Crippen molar-refractivity contribution < 1.29 is 4.74 Å². The molecule has 0 unspecified atom stereocenters. The number of thioether (sulfide) groups is 1. The molecule has 1 aliphatic rings. The van der Waals surface area contributed by atoms with Crippen LogP contribution in [0.2, 0.25) is 0 Å². The second kappa shape index (κ2) is 4.18. The van der Waals surface area contributed by atoms with Gasteiger partial charge in [0.05, 0.1) is 12.0 Å². The summed E-state index contributed by atoms with van der Waals surface area (Å²) in [5.41, 5.74) is 0. The molecule has 54 valence electrons. The summed E-state index contributed by atoms with van der Waals surface area (Å²) in [6.07, 6.45) is 8.01. The van der Waals surface area contributed by atoms with Crippen molar-refractivity contribution in [2.75, 3.05) is 12.2 Å². The molecule has 0 aromatic carbocycles. The van der Waals surface area contributed by atoms with Crippen molar-refractivity contribution in [3.63, 3.8) is 0 Å². The Morgan fingerprint density at radius 1 is 1.44 bits per heavy atom. The number of rotatable bonds is 3. The number of hydrogen-bond acceptors (Lipinski definition) is 2. The van der Waals surface area contributed by atoms with Gasteiger partial charge in [-0.2, -0.15) is 0 Å². The molecule has 0 radical (unpaired) electrons. The van der Waals surface area contributed by atoms with Crippen LogP contribution in [0.5, 0.6) is 0 Å². The fourth-order valence-electron chi connectivity index (χ4n) is 1.22. The number of hydrogen-bond donors (Lipinski definition) is 0. The zero-order valence-electron chi connectivity index (χ0n) is 5.93. The van der Waals surface area contributed by atoms with Crippen LogP contribution >= 0.6 is 11.8 Å². The summed E-state index contributed by atoms with van der Waals surface area (Å²) in [6, 6.07) is 0. The van der Waals surface area contributed by atoms with Gasteiger partial charge in [-0.25, -0.2) is 0 Å². The highest BCUT2D eigenvalue weighted by atomic mass is 32.2. The van der Waals surface area contributed by atoms with Gasteiger partial charge in [-0.3, -0.25) is 0 Å². The molecule has 0 amide bonds. The lowest BCUT2D eigenvalue weighted by Crippen LogP contribution is -2.05. The van der Waals surface area contributed by atoms with Crippen molar-refractivity contribution in [1.29, 1.82) is 0 Å². The molecule has 0 bridgehead atoms. The van der Waals surface area contributed by atoms with E-state index in [-0.39, 0.29) is 0 Å². The van der Waals surface area contributed by atoms with Gasteiger partial charge in [-0.05, 0) is 19.1 Å². The van der Waals surface area contributed by atoms with Gasteiger partial charge in [0.1, 0.15) is 0 Å². The van der Waals surface area contributed by atoms with E-state index in [4.69, 9.17) is 4.74 Å². The first-order valence-electron chi connectivity index (χ1n) is 3.54. The first-order valence-corrected chi connectivity index (χ1v) is 4.93. The zero-order chi connectivity index (χ0) is 6.53. The van der Waals surface area contributed by atoms with Crippen molar-refractivity contribution in [2.24, 2.45) is 0 Å². The standard InChI is InChI=1S/C7H14OS/c1-9-6-8-7-4-2-3-5-7/h7H,2-6H2,1H3. The minimum Gasteiger partial charge on any atom is -0.368 e. The van der Waals surface area contributed by atoms with Crippen LogP contribution in [0.25, 0.3) is 0 Å². The summed E-state index contributed by atoms with van der Waals surface area (Å²) in [5.74, 6) is 0.880. The molecule has 1 nitrogen and oxygen atoms in total. The predicted octanol–water partition coefficient (Wildman–Crippen LogP) is 2.27. The fraction of sp³-hybridized carbons (Fsp3) is 1.00. The van der Waals surface area contributed by atoms with E-state index in [1.807, 2.05) is 0 Å². The molecule has 1 rings (SSSR count). The van der Waals surface area contributed by atoms with Crippen molar-refractivity contribution >= 4 is 11.8 Å². The van der Waals surface area contributed by atoms with Gasteiger partial charge in [0.15, 0.2) is 0 Å². The molecule has 0 spiro atoms. The quantitative estimate of drug-likeness (QED) is 0.565. The highest BCUT2D eigenvalue weighted by Crippen LogP contribution is 2.21. The lowest BCUT2D eigenvalue weighted by molar-refractivity contribution is 0.0964. The second-order valence-corrected chi connectivity index (χ2v) is 3.29. The third-order valence-corrected chi connectivity index (χ3v) is 2.10.